The van der Waals surface area contributed by atoms with E-state index in [0.29, 0.717) is 6.54 Å². The summed E-state index contributed by atoms with van der Waals surface area (Å²) < 4.78 is 0. The van der Waals surface area contributed by atoms with Gasteiger partial charge in [0.15, 0.2) is 0 Å². The monoisotopic (exact) mass is 234 g/mol. The SMILES string of the molecule is CC1C(=O)NCCN1c1ccc([C@H](C)N)cn1. The Bertz CT molecular complexity index is 401. The van der Waals surface area contributed by atoms with Crippen molar-refractivity contribution >= 4 is 11.7 Å². The topological polar surface area (TPSA) is 71.2 Å². The number of piperazine rings is 1. The summed E-state index contributed by atoms with van der Waals surface area (Å²) in [5, 5.41) is 2.83. The van der Waals surface area contributed by atoms with Crippen molar-refractivity contribution in [1.82, 2.24) is 10.3 Å². The third-order valence-electron chi connectivity index (χ3n) is 3.09. The van der Waals surface area contributed by atoms with Crippen LogP contribution in [0.4, 0.5) is 5.82 Å². The summed E-state index contributed by atoms with van der Waals surface area (Å²) in [7, 11) is 0. The van der Waals surface area contributed by atoms with Gasteiger partial charge in [-0.25, -0.2) is 4.98 Å². The minimum absolute atomic E-state index is 0.0152. The lowest BCUT2D eigenvalue weighted by Crippen LogP contribution is -2.54. The Morgan fingerprint density at radius 1 is 1.59 bits per heavy atom. The van der Waals surface area contributed by atoms with Gasteiger partial charge in [0.1, 0.15) is 11.9 Å². The van der Waals surface area contributed by atoms with E-state index in [0.717, 1.165) is 17.9 Å². The summed E-state index contributed by atoms with van der Waals surface area (Å²) >= 11 is 0. The number of nitrogens with one attached hydrogen (secondary N) is 1. The van der Waals surface area contributed by atoms with Crippen molar-refractivity contribution in [3.8, 4) is 0 Å². The standard InChI is InChI=1S/C12H18N4O/c1-8(13)10-3-4-11(15-7-10)16-6-5-14-12(17)9(16)2/h3-4,7-9H,5-6,13H2,1-2H3,(H,14,17)/t8-,9?/m0/s1. The molecule has 5 nitrogen and oxygen atoms in total. The van der Waals surface area contributed by atoms with E-state index in [1.54, 1.807) is 6.20 Å². The van der Waals surface area contributed by atoms with Crippen LogP contribution in [0.5, 0.6) is 0 Å². The van der Waals surface area contributed by atoms with Crippen LogP contribution in [-0.2, 0) is 4.79 Å². The van der Waals surface area contributed by atoms with Gasteiger partial charge in [-0.15, -0.1) is 0 Å². The van der Waals surface area contributed by atoms with Crippen molar-refractivity contribution in [2.75, 3.05) is 18.0 Å². The van der Waals surface area contributed by atoms with Crippen molar-refractivity contribution < 1.29 is 4.79 Å². The number of hydrogen-bond donors (Lipinski definition) is 2. The molecule has 1 amide bonds. The minimum atomic E-state index is -0.169. The summed E-state index contributed by atoms with van der Waals surface area (Å²) in [6.07, 6.45) is 1.78. The van der Waals surface area contributed by atoms with Crippen molar-refractivity contribution in [3.05, 3.63) is 23.9 Å². The van der Waals surface area contributed by atoms with Crippen molar-refractivity contribution in [1.29, 1.82) is 0 Å². The molecule has 2 atom stereocenters. The molecule has 1 aliphatic rings. The summed E-state index contributed by atoms with van der Waals surface area (Å²) in [6.45, 7) is 5.26. The van der Waals surface area contributed by atoms with Crippen LogP contribution >= 0.6 is 0 Å². The first-order chi connectivity index (χ1) is 8.09. The fourth-order valence-corrected chi connectivity index (χ4v) is 1.93. The van der Waals surface area contributed by atoms with Gasteiger partial charge in [0.2, 0.25) is 5.91 Å². The molecule has 1 unspecified atom stereocenters. The van der Waals surface area contributed by atoms with E-state index in [1.807, 2.05) is 30.9 Å². The quantitative estimate of drug-likeness (QED) is 0.778. The summed E-state index contributed by atoms with van der Waals surface area (Å²) in [5.74, 6) is 0.881. The third-order valence-corrected chi connectivity index (χ3v) is 3.09. The number of amides is 1. The van der Waals surface area contributed by atoms with Crippen molar-refractivity contribution in [2.45, 2.75) is 25.9 Å². The number of nitrogens with two attached hydrogens (primary N) is 1. The van der Waals surface area contributed by atoms with E-state index in [2.05, 4.69) is 10.3 Å². The van der Waals surface area contributed by atoms with Crippen LogP contribution in [0.15, 0.2) is 18.3 Å². The lowest BCUT2D eigenvalue weighted by atomic mass is 10.1. The number of aromatic nitrogens is 1. The highest BCUT2D eigenvalue weighted by Gasteiger charge is 2.26. The molecular weight excluding hydrogens is 216 g/mol. The maximum atomic E-state index is 11.6. The second kappa shape index (κ2) is 4.71. The highest BCUT2D eigenvalue weighted by Crippen LogP contribution is 2.18. The van der Waals surface area contributed by atoms with Crippen molar-refractivity contribution in [3.63, 3.8) is 0 Å². The van der Waals surface area contributed by atoms with Gasteiger partial charge in [0.05, 0.1) is 0 Å². The zero-order valence-electron chi connectivity index (χ0n) is 10.2. The first kappa shape index (κ1) is 11.9. The number of carbonyl (C=O) groups is 1. The van der Waals surface area contributed by atoms with Crippen LogP contribution in [-0.4, -0.2) is 30.0 Å². The lowest BCUT2D eigenvalue weighted by Gasteiger charge is -2.33. The molecule has 0 bridgehead atoms. The first-order valence-electron chi connectivity index (χ1n) is 5.85. The fraction of sp³-hybridized carbons (Fsp3) is 0.500. The number of rotatable bonds is 2. The molecule has 3 N–H and O–H groups in total. The number of pyridine rings is 1. The van der Waals surface area contributed by atoms with Crippen LogP contribution in [0.1, 0.15) is 25.5 Å². The molecule has 0 aliphatic carbocycles. The molecule has 1 aliphatic heterocycles. The second-order valence-electron chi connectivity index (χ2n) is 4.40. The molecule has 0 saturated carbocycles. The number of nitrogens with zero attached hydrogens (tertiary/aromatic N) is 2. The van der Waals surface area contributed by atoms with Crippen LogP contribution < -0.4 is 16.0 Å². The van der Waals surface area contributed by atoms with Crippen LogP contribution in [0, 0.1) is 0 Å². The predicted octanol–water partition coefficient (Wildman–Crippen LogP) is 0.426. The third kappa shape index (κ3) is 2.39. The van der Waals surface area contributed by atoms with Gasteiger partial charge in [-0.1, -0.05) is 6.07 Å². The molecule has 92 valence electrons. The largest absolute Gasteiger partial charge is 0.353 e. The molecule has 2 heterocycles. The summed E-state index contributed by atoms with van der Waals surface area (Å²) in [5.41, 5.74) is 6.78. The first-order valence-corrected chi connectivity index (χ1v) is 5.85. The van der Waals surface area contributed by atoms with Gasteiger partial charge in [0.25, 0.3) is 0 Å². The Morgan fingerprint density at radius 3 is 2.94 bits per heavy atom. The lowest BCUT2D eigenvalue weighted by molar-refractivity contribution is -0.122. The number of anilines is 1. The van der Waals surface area contributed by atoms with E-state index in [1.165, 1.54) is 0 Å². The van der Waals surface area contributed by atoms with Crippen LogP contribution in [0.25, 0.3) is 0 Å². The molecule has 1 aromatic heterocycles. The molecule has 0 radical (unpaired) electrons. The minimum Gasteiger partial charge on any atom is -0.353 e. The molecule has 0 aromatic carbocycles. The Morgan fingerprint density at radius 2 is 2.35 bits per heavy atom. The van der Waals surface area contributed by atoms with E-state index in [-0.39, 0.29) is 18.0 Å². The Hall–Kier alpha value is -1.62. The molecule has 2 rings (SSSR count). The molecule has 0 spiro atoms. The van der Waals surface area contributed by atoms with E-state index >= 15 is 0 Å². The van der Waals surface area contributed by atoms with Gasteiger partial charge < -0.3 is 16.0 Å². The molecule has 17 heavy (non-hydrogen) atoms. The van der Waals surface area contributed by atoms with E-state index in [9.17, 15) is 4.79 Å². The number of carbonyl (C=O) groups excluding carboxylic acids is 1. The molecule has 5 heteroatoms. The molecule has 1 saturated heterocycles. The van der Waals surface area contributed by atoms with Gasteiger partial charge >= 0.3 is 0 Å². The van der Waals surface area contributed by atoms with Crippen LogP contribution in [0.2, 0.25) is 0 Å². The highest BCUT2D eigenvalue weighted by atomic mass is 16.2. The summed E-state index contributed by atoms with van der Waals surface area (Å²) in [6, 6.07) is 3.70. The average Bonchev–Trinajstić information content (AvgIpc) is 2.33. The zero-order chi connectivity index (χ0) is 12.4. The molecular formula is C12H18N4O. The fourth-order valence-electron chi connectivity index (χ4n) is 1.93. The maximum absolute atomic E-state index is 11.6. The molecule has 1 fully saturated rings. The smallest absolute Gasteiger partial charge is 0.242 e. The Kier molecular flexibility index (Phi) is 3.28. The van der Waals surface area contributed by atoms with Gasteiger partial charge in [-0.3, -0.25) is 4.79 Å². The normalized spacial score (nSPS) is 22.2. The second-order valence-corrected chi connectivity index (χ2v) is 4.40. The predicted molar refractivity (Wildman–Crippen MR) is 66.7 cm³/mol. The van der Waals surface area contributed by atoms with E-state index in [4.69, 9.17) is 5.73 Å². The van der Waals surface area contributed by atoms with Gasteiger partial charge in [-0.05, 0) is 25.5 Å². The Balaban J connectivity index is 2.19. The zero-order valence-corrected chi connectivity index (χ0v) is 10.2. The van der Waals surface area contributed by atoms with Crippen LogP contribution in [0.3, 0.4) is 0 Å². The molecule has 1 aromatic rings. The summed E-state index contributed by atoms with van der Waals surface area (Å²) in [4.78, 5) is 17.9. The van der Waals surface area contributed by atoms with E-state index < -0.39 is 0 Å². The maximum Gasteiger partial charge on any atom is 0.242 e. The van der Waals surface area contributed by atoms with Gasteiger partial charge in [0, 0.05) is 25.3 Å². The van der Waals surface area contributed by atoms with Crippen molar-refractivity contribution in [2.24, 2.45) is 5.73 Å². The van der Waals surface area contributed by atoms with Gasteiger partial charge in [-0.2, -0.15) is 0 Å². The number of hydrogen-bond acceptors (Lipinski definition) is 4. The Labute approximate surface area is 101 Å². The highest BCUT2D eigenvalue weighted by molar-refractivity contribution is 5.85. The average molecular weight is 234 g/mol.